The third-order valence-electron chi connectivity index (χ3n) is 7.45. The molecule has 4 N–H and O–H groups in total. The predicted molar refractivity (Wildman–Crippen MR) is 153 cm³/mol. The Bertz CT molecular complexity index is 1840. The summed E-state index contributed by atoms with van der Waals surface area (Å²) in [6.45, 7) is 3.91. The Hall–Kier alpha value is -4.90. The highest BCUT2D eigenvalue weighted by Crippen LogP contribution is 2.32. The number of fused-ring (bicyclic) bond motifs is 2. The number of aromatic nitrogens is 8. The number of piperidine rings is 1. The monoisotopic (exact) mass is 532 g/mol. The number of pyridine rings is 3. The average Bonchev–Trinajstić information content (AvgIpc) is 3.71. The lowest BCUT2D eigenvalue weighted by molar-refractivity contribution is -0.117. The molecule has 40 heavy (non-hydrogen) atoms. The number of H-pyrrole nitrogens is 2. The molecule has 7 heterocycles. The van der Waals surface area contributed by atoms with E-state index >= 15 is 0 Å². The molecule has 7 rings (SSSR count). The molecular formula is C29H28N10O. The molecule has 1 aliphatic rings. The van der Waals surface area contributed by atoms with Crippen molar-refractivity contribution in [2.45, 2.75) is 26.2 Å². The highest BCUT2D eigenvalue weighted by Gasteiger charge is 2.18. The van der Waals surface area contributed by atoms with Gasteiger partial charge in [0.2, 0.25) is 5.91 Å². The Labute approximate surface area is 229 Å². The van der Waals surface area contributed by atoms with Gasteiger partial charge in [-0.15, -0.1) is 0 Å². The maximum absolute atomic E-state index is 12.7. The fourth-order valence-corrected chi connectivity index (χ4v) is 5.41. The lowest BCUT2D eigenvalue weighted by atomic mass is 9.94. The molecule has 0 aromatic carbocycles. The summed E-state index contributed by atoms with van der Waals surface area (Å²) in [6.07, 6.45) is 13.3. The molecule has 200 valence electrons. The van der Waals surface area contributed by atoms with Gasteiger partial charge in [0, 0.05) is 41.3 Å². The highest BCUT2D eigenvalue weighted by atomic mass is 16.1. The molecule has 1 saturated heterocycles. The number of rotatable bonds is 6. The zero-order valence-electron chi connectivity index (χ0n) is 22.0. The molecule has 0 radical (unpaired) electrons. The van der Waals surface area contributed by atoms with Crippen LogP contribution in [0.5, 0.6) is 0 Å². The van der Waals surface area contributed by atoms with Crippen LogP contribution in [0.2, 0.25) is 0 Å². The maximum Gasteiger partial charge on any atom is 0.224 e. The summed E-state index contributed by atoms with van der Waals surface area (Å²) in [7, 11) is 0. The lowest BCUT2D eigenvalue weighted by Crippen LogP contribution is -2.30. The second-order valence-corrected chi connectivity index (χ2v) is 10.3. The summed E-state index contributed by atoms with van der Waals surface area (Å²) >= 11 is 0. The molecule has 11 nitrogen and oxygen atoms in total. The molecule has 0 bridgehead atoms. The van der Waals surface area contributed by atoms with Crippen LogP contribution in [0.1, 0.15) is 25.0 Å². The Morgan fingerprint density at radius 2 is 1.98 bits per heavy atom. The quantitative estimate of drug-likeness (QED) is 0.249. The number of imidazole rings is 1. The topological polar surface area (TPSA) is 142 Å². The summed E-state index contributed by atoms with van der Waals surface area (Å²) < 4.78 is 1.99. The molecule has 0 spiro atoms. The third-order valence-corrected chi connectivity index (χ3v) is 7.45. The van der Waals surface area contributed by atoms with Crippen molar-refractivity contribution >= 4 is 33.5 Å². The number of nitrogens with zero attached hydrogens (tertiary/aromatic N) is 6. The third kappa shape index (κ3) is 4.60. The standard InChI is InChI=1S/C29H28N10O/c1-17-15-39(16-34-17)26-4-7-32-29-22(26)11-24(36-29)28-21-10-23(33-14-25(21)37-38-28)19-9-20(13-31-12-19)35-27(40)8-18-2-5-30-6-3-18/h4,7,9-16,18,30H,2-3,5-6,8H2,1H3,(H,32,36)(H,35,40)(H,37,38). The number of carbonyl (C=O) groups is 1. The Morgan fingerprint density at radius 1 is 1.07 bits per heavy atom. The molecule has 0 unspecified atom stereocenters. The number of aryl methyl sites for hydroxylation is 1. The maximum atomic E-state index is 12.7. The molecule has 1 amide bonds. The van der Waals surface area contributed by atoms with Crippen LogP contribution in [0, 0.1) is 12.8 Å². The number of aromatic amines is 2. The summed E-state index contributed by atoms with van der Waals surface area (Å²) in [6, 6.07) is 7.93. The van der Waals surface area contributed by atoms with E-state index in [0.717, 1.165) is 81.9 Å². The van der Waals surface area contributed by atoms with Crippen molar-refractivity contribution in [3.05, 3.63) is 67.3 Å². The number of anilines is 1. The Morgan fingerprint density at radius 3 is 2.83 bits per heavy atom. The van der Waals surface area contributed by atoms with Crippen LogP contribution in [0.15, 0.2) is 61.6 Å². The van der Waals surface area contributed by atoms with E-state index in [0.29, 0.717) is 18.0 Å². The number of hydrogen-bond donors (Lipinski definition) is 4. The van der Waals surface area contributed by atoms with Gasteiger partial charge in [-0.2, -0.15) is 5.10 Å². The van der Waals surface area contributed by atoms with Gasteiger partial charge >= 0.3 is 0 Å². The molecule has 0 aliphatic carbocycles. The molecule has 6 aromatic rings. The van der Waals surface area contributed by atoms with Crippen LogP contribution >= 0.6 is 0 Å². The fraction of sp³-hybridized carbons (Fsp3) is 0.241. The van der Waals surface area contributed by atoms with E-state index in [9.17, 15) is 4.79 Å². The average molecular weight is 533 g/mol. The second kappa shape index (κ2) is 10.0. The SMILES string of the molecule is Cc1cn(-c2ccnc3[nH]c(-c4n[nH]c5cnc(-c6cncc(NC(=O)CC7CCNCC7)c6)cc45)cc23)cn1. The summed E-state index contributed by atoms with van der Waals surface area (Å²) in [5.74, 6) is 0.435. The molecule has 0 atom stereocenters. The Kier molecular flexibility index (Phi) is 6.05. The van der Waals surface area contributed by atoms with Gasteiger partial charge in [-0.05, 0) is 63.0 Å². The molecule has 6 aromatic heterocycles. The van der Waals surface area contributed by atoms with Gasteiger partial charge < -0.3 is 20.2 Å². The normalized spacial score (nSPS) is 14.2. The first kappa shape index (κ1) is 24.2. The van der Waals surface area contributed by atoms with Crippen molar-refractivity contribution in [2.24, 2.45) is 5.92 Å². The zero-order chi connectivity index (χ0) is 27.1. The van der Waals surface area contributed by atoms with Gasteiger partial charge in [0.1, 0.15) is 11.3 Å². The van der Waals surface area contributed by atoms with Crippen molar-refractivity contribution in [3.63, 3.8) is 0 Å². The number of carbonyl (C=O) groups excluding carboxylic acids is 1. The van der Waals surface area contributed by atoms with Crippen LogP contribution < -0.4 is 10.6 Å². The van der Waals surface area contributed by atoms with Gasteiger partial charge in [0.25, 0.3) is 0 Å². The van der Waals surface area contributed by atoms with E-state index in [1.165, 1.54) is 0 Å². The van der Waals surface area contributed by atoms with Crippen LogP contribution in [-0.2, 0) is 4.79 Å². The smallest absolute Gasteiger partial charge is 0.224 e. The summed E-state index contributed by atoms with van der Waals surface area (Å²) in [4.78, 5) is 34.0. The van der Waals surface area contributed by atoms with E-state index in [1.54, 1.807) is 31.1 Å². The number of nitrogens with one attached hydrogen (secondary N) is 4. The van der Waals surface area contributed by atoms with E-state index in [-0.39, 0.29) is 5.91 Å². The highest BCUT2D eigenvalue weighted by molar-refractivity contribution is 5.98. The van der Waals surface area contributed by atoms with E-state index < -0.39 is 0 Å². The van der Waals surface area contributed by atoms with Crippen molar-refractivity contribution in [1.82, 2.24) is 45.0 Å². The molecule has 11 heteroatoms. The van der Waals surface area contributed by atoms with Gasteiger partial charge in [0.05, 0.1) is 52.7 Å². The minimum atomic E-state index is 0.0176. The fourth-order valence-electron chi connectivity index (χ4n) is 5.41. The van der Waals surface area contributed by atoms with E-state index in [4.69, 9.17) is 0 Å². The van der Waals surface area contributed by atoms with Crippen LogP contribution in [0.4, 0.5) is 5.69 Å². The minimum Gasteiger partial charge on any atom is -0.338 e. The number of amides is 1. The van der Waals surface area contributed by atoms with Crippen molar-refractivity contribution in [2.75, 3.05) is 18.4 Å². The largest absolute Gasteiger partial charge is 0.338 e. The first-order chi connectivity index (χ1) is 19.6. The lowest BCUT2D eigenvalue weighted by Gasteiger charge is -2.21. The Balaban J connectivity index is 1.19. The van der Waals surface area contributed by atoms with Gasteiger partial charge in [-0.1, -0.05) is 0 Å². The molecule has 0 saturated carbocycles. The van der Waals surface area contributed by atoms with Gasteiger partial charge in [-0.3, -0.25) is 19.9 Å². The minimum absolute atomic E-state index is 0.0176. The van der Waals surface area contributed by atoms with E-state index in [1.807, 2.05) is 35.9 Å². The number of hydrogen-bond acceptors (Lipinski definition) is 7. The summed E-state index contributed by atoms with van der Waals surface area (Å²) in [5.41, 5.74) is 7.33. The van der Waals surface area contributed by atoms with Gasteiger partial charge in [-0.25, -0.2) is 9.97 Å². The van der Waals surface area contributed by atoms with Gasteiger partial charge in [0.15, 0.2) is 0 Å². The molecule has 1 aliphatic heterocycles. The zero-order valence-corrected chi connectivity index (χ0v) is 22.0. The molecular weight excluding hydrogens is 504 g/mol. The van der Waals surface area contributed by atoms with Crippen LogP contribution in [0.25, 0.3) is 50.3 Å². The van der Waals surface area contributed by atoms with Crippen LogP contribution in [-0.4, -0.2) is 58.7 Å². The molecule has 1 fully saturated rings. The van der Waals surface area contributed by atoms with Crippen molar-refractivity contribution in [3.8, 4) is 28.3 Å². The van der Waals surface area contributed by atoms with Crippen LogP contribution in [0.3, 0.4) is 0 Å². The first-order valence-corrected chi connectivity index (χ1v) is 13.4. The first-order valence-electron chi connectivity index (χ1n) is 13.4. The van der Waals surface area contributed by atoms with Crippen molar-refractivity contribution in [1.29, 1.82) is 0 Å². The second-order valence-electron chi connectivity index (χ2n) is 10.3. The summed E-state index contributed by atoms with van der Waals surface area (Å²) in [5, 5.41) is 15.9. The predicted octanol–water partition coefficient (Wildman–Crippen LogP) is 4.39. The van der Waals surface area contributed by atoms with Crippen molar-refractivity contribution < 1.29 is 4.79 Å². The van der Waals surface area contributed by atoms with E-state index in [2.05, 4.69) is 51.8 Å².